The van der Waals surface area contributed by atoms with Gasteiger partial charge in [0.15, 0.2) is 0 Å². The third kappa shape index (κ3) is 1.19. The van der Waals surface area contributed by atoms with Gasteiger partial charge in [-0.25, -0.2) is 4.98 Å². The number of methoxy groups -OCH3 is 1. The number of carbonyl (C=O) groups excluding carboxylic acids is 1. The zero-order valence-electron chi connectivity index (χ0n) is 7.60. The Kier molecular flexibility index (Phi) is 1.85. The van der Waals surface area contributed by atoms with Crippen LogP contribution in [0, 0.1) is 0 Å². The topological polar surface area (TPSA) is 69.6 Å². The number of rotatable bonds is 2. The van der Waals surface area contributed by atoms with Crippen LogP contribution in [0.5, 0.6) is 5.75 Å². The second kappa shape index (κ2) is 3.02. The molecule has 2 rings (SSSR count). The van der Waals surface area contributed by atoms with Crippen LogP contribution in [-0.2, 0) is 0 Å². The lowest BCUT2D eigenvalue weighted by molar-refractivity contribution is 0.0994. The SMILES string of the molecule is COc1ccn2c(C(N)=O)cnc2c1. The summed E-state index contributed by atoms with van der Waals surface area (Å²) in [5.41, 5.74) is 6.16. The molecule has 0 spiro atoms. The first kappa shape index (κ1) is 8.55. The van der Waals surface area contributed by atoms with Crippen LogP contribution in [0.25, 0.3) is 5.65 Å². The molecule has 2 aromatic rings. The first-order valence-electron chi connectivity index (χ1n) is 4.03. The third-order valence-corrected chi connectivity index (χ3v) is 1.97. The largest absolute Gasteiger partial charge is 0.497 e. The summed E-state index contributed by atoms with van der Waals surface area (Å²) < 4.78 is 6.64. The van der Waals surface area contributed by atoms with E-state index in [9.17, 15) is 4.79 Å². The molecule has 0 fully saturated rings. The summed E-state index contributed by atoms with van der Waals surface area (Å²) in [6.07, 6.45) is 3.14. The molecule has 5 heteroatoms. The van der Waals surface area contributed by atoms with E-state index in [1.165, 1.54) is 6.20 Å². The van der Waals surface area contributed by atoms with E-state index in [1.54, 1.807) is 29.8 Å². The van der Waals surface area contributed by atoms with Crippen molar-refractivity contribution in [2.24, 2.45) is 5.73 Å². The van der Waals surface area contributed by atoms with E-state index in [0.29, 0.717) is 17.1 Å². The summed E-state index contributed by atoms with van der Waals surface area (Å²) in [5, 5.41) is 0. The monoisotopic (exact) mass is 191 g/mol. The fourth-order valence-electron chi connectivity index (χ4n) is 1.27. The lowest BCUT2D eigenvalue weighted by Crippen LogP contribution is -2.13. The quantitative estimate of drug-likeness (QED) is 0.748. The normalized spacial score (nSPS) is 10.4. The van der Waals surface area contributed by atoms with E-state index in [4.69, 9.17) is 10.5 Å². The van der Waals surface area contributed by atoms with Crippen molar-refractivity contribution in [3.8, 4) is 5.75 Å². The Balaban J connectivity index is 2.65. The third-order valence-electron chi connectivity index (χ3n) is 1.97. The van der Waals surface area contributed by atoms with Gasteiger partial charge in [-0.15, -0.1) is 0 Å². The Morgan fingerprint density at radius 2 is 2.43 bits per heavy atom. The number of fused-ring (bicyclic) bond motifs is 1. The van der Waals surface area contributed by atoms with E-state index in [1.807, 2.05) is 0 Å². The van der Waals surface area contributed by atoms with Gasteiger partial charge < -0.3 is 10.5 Å². The minimum atomic E-state index is -0.498. The molecule has 0 saturated heterocycles. The van der Waals surface area contributed by atoms with Crippen LogP contribution >= 0.6 is 0 Å². The zero-order chi connectivity index (χ0) is 10.1. The van der Waals surface area contributed by atoms with Crippen LogP contribution < -0.4 is 10.5 Å². The van der Waals surface area contributed by atoms with E-state index in [-0.39, 0.29) is 0 Å². The molecular formula is C9H9N3O2. The highest BCUT2D eigenvalue weighted by Gasteiger charge is 2.08. The van der Waals surface area contributed by atoms with Crippen molar-refractivity contribution in [2.45, 2.75) is 0 Å². The average molecular weight is 191 g/mol. The van der Waals surface area contributed by atoms with Gasteiger partial charge in [-0.2, -0.15) is 0 Å². The second-order valence-corrected chi connectivity index (χ2v) is 2.80. The number of hydrogen-bond acceptors (Lipinski definition) is 3. The van der Waals surface area contributed by atoms with Crippen LogP contribution in [0.1, 0.15) is 10.5 Å². The maximum atomic E-state index is 11.0. The molecule has 0 aromatic carbocycles. The molecule has 2 aromatic heterocycles. The summed E-state index contributed by atoms with van der Waals surface area (Å²) >= 11 is 0. The highest BCUT2D eigenvalue weighted by Crippen LogP contribution is 2.14. The molecule has 2 heterocycles. The maximum absolute atomic E-state index is 11.0. The number of pyridine rings is 1. The predicted octanol–water partition coefficient (Wildman–Crippen LogP) is 0.442. The number of carbonyl (C=O) groups is 1. The van der Waals surface area contributed by atoms with Crippen molar-refractivity contribution < 1.29 is 9.53 Å². The molecule has 0 aliphatic rings. The van der Waals surface area contributed by atoms with E-state index in [0.717, 1.165) is 0 Å². The number of nitrogens with two attached hydrogens (primary N) is 1. The van der Waals surface area contributed by atoms with Crippen LogP contribution in [0.15, 0.2) is 24.5 Å². The Bertz CT molecular complexity index is 490. The smallest absolute Gasteiger partial charge is 0.267 e. The number of amides is 1. The van der Waals surface area contributed by atoms with E-state index >= 15 is 0 Å². The van der Waals surface area contributed by atoms with Crippen LogP contribution in [-0.4, -0.2) is 22.4 Å². The van der Waals surface area contributed by atoms with Crippen molar-refractivity contribution in [2.75, 3.05) is 7.11 Å². The number of primary amides is 1. The Morgan fingerprint density at radius 1 is 1.64 bits per heavy atom. The molecule has 1 amide bonds. The predicted molar refractivity (Wildman–Crippen MR) is 50.3 cm³/mol. The van der Waals surface area contributed by atoms with Crippen molar-refractivity contribution in [1.29, 1.82) is 0 Å². The Labute approximate surface area is 80.1 Å². The van der Waals surface area contributed by atoms with Gasteiger partial charge in [0.25, 0.3) is 5.91 Å². The first-order valence-corrected chi connectivity index (χ1v) is 4.03. The Hall–Kier alpha value is -2.04. The van der Waals surface area contributed by atoms with Gasteiger partial charge in [0.05, 0.1) is 13.3 Å². The van der Waals surface area contributed by atoms with Gasteiger partial charge in [0, 0.05) is 12.3 Å². The van der Waals surface area contributed by atoms with Crippen molar-refractivity contribution in [3.63, 3.8) is 0 Å². The van der Waals surface area contributed by atoms with Crippen LogP contribution in [0.3, 0.4) is 0 Å². The molecule has 0 aliphatic heterocycles. The number of aromatic nitrogens is 2. The second-order valence-electron chi connectivity index (χ2n) is 2.80. The summed E-state index contributed by atoms with van der Waals surface area (Å²) in [4.78, 5) is 15.0. The number of imidazole rings is 1. The van der Waals surface area contributed by atoms with Gasteiger partial charge in [-0.05, 0) is 6.07 Å². The summed E-state index contributed by atoms with van der Waals surface area (Å²) in [5.74, 6) is 0.196. The van der Waals surface area contributed by atoms with Crippen molar-refractivity contribution in [3.05, 3.63) is 30.2 Å². The van der Waals surface area contributed by atoms with Gasteiger partial charge >= 0.3 is 0 Å². The minimum Gasteiger partial charge on any atom is -0.497 e. The lowest BCUT2D eigenvalue weighted by Gasteiger charge is -2.00. The number of nitrogens with zero attached hydrogens (tertiary/aromatic N) is 2. The average Bonchev–Trinajstić information content (AvgIpc) is 2.59. The molecule has 0 atom stereocenters. The zero-order valence-corrected chi connectivity index (χ0v) is 7.60. The summed E-state index contributed by atoms with van der Waals surface area (Å²) in [7, 11) is 1.57. The minimum absolute atomic E-state index is 0.364. The molecule has 0 radical (unpaired) electrons. The van der Waals surface area contributed by atoms with Gasteiger partial charge in [-0.3, -0.25) is 9.20 Å². The van der Waals surface area contributed by atoms with Gasteiger partial charge in [-0.1, -0.05) is 0 Å². The fourth-order valence-corrected chi connectivity index (χ4v) is 1.27. The highest BCUT2D eigenvalue weighted by atomic mass is 16.5. The van der Waals surface area contributed by atoms with Crippen molar-refractivity contribution in [1.82, 2.24) is 9.38 Å². The summed E-state index contributed by atoms with van der Waals surface area (Å²) in [6.45, 7) is 0. The molecule has 5 nitrogen and oxygen atoms in total. The Morgan fingerprint density at radius 3 is 3.07 bits per heavy atom. The van der Waals surface area contributed by atoms with Crippen LogP contribution in [0.2, 0.25) is 0 Å². The molecule has 0 saturated carbocycles. The highest BCUT2D eigenvalue weighted by molar-refractivity contribution is 5.91. The maximum Gasteiger partial charge on any atom is 0.267 e. The van der Waals surface area contributed by atoms with Gasteiger partial charge in [0.2, 0.25) is 0 Å². The molecular weight excluding hydrogens is 182 g/mol. The molecule has 14 heavy (non-hydrogen) atoms. The summed E-state index contributed by atoms with van der Waals surface area (Å²) in [6, 6.07) is 3.47. The number of ether oxygens (including phenoxy) is 1. The standard InChI is InChI=1S/C9H9N3O2/c1-14-6-2-3-12-7(9(10)13)5-11-8(12)4-6/h2-5H,1H3,(H2,10,13). The van der Waals surface area contributed by atoms with Crippen LogP contribution in [0.4, 0.5) is 0 Å². The fraction of sp³-hybridized carbons (Fsp3) is 0.111. The first-order chi connectivity index (χ1) is 6.72. The molecule has 72 valence electrons. The molecule has 0 unspecified atom stereocenters. The number of hydrogen-bond donors (Lipinski definition) is 1. The molecule has 2 N–H and O–H groups in total. The lowest BCUT2D eigenvalue weighted by atomic mass is 10.4. The van der Waals surface area contributed by atoms with E-state index in [2.05, 4.69) is 4.98 Å². The van der Waals surface area contributed by atoms with E-state index < -0.39 is 5.91 Å². The molecule has 0 aliphatic carbocycles. The van der Waals surface area contributed by atoms with Crippen molar-refractivity contribution >= 4 is 11.6 Å². The van der Waals surface area contributed by atoms with Gasteiger partial charge in [0.1, 0.15) is 17.1 Å². The molecule has 0 bridgehead atoms.